The van der Waals surface area contributed by atoms with Crippen molar-refractivity contribution in [1.29, 1.82) is 0 Å². The Morgan fingerprint density at radius 3 is 2.60 bits per heavy atom. The second kappa shape index (κ2) is 11.3. The molecule has 2 unspecified atom stereocenters. The Morgan fingerprint density at radius 2 is 1.90 bits per heavy atom. The smallest absolute Gasteiger partial charge is 0.254 e. The molecule has 2 N–H and O–H groups in total. The lowest BCUT2D eigenvalue weighted by Gasteiger charge is -2.24. The maximum atomic E-state index is 14.3. The zero-order chi connectivity index (χ0) is 29.6. The minimum absolute atomic E-state index is 0.0193. The van der Waals surface area contributed by atoms with Crippen molar-refractivity contribution in [2.75, 3.05) is 27.2 Å². The molecule has 2 fully saturated rings. The summed E-state index contributed by atoms with van der Waals surface area (Å²) < 4.78 is 8.04. The molecule has 3 aromatic rings. The van der Waals surface area contributed by atoms with Gasteiger partial charge in [-0.15, -0.1) is 0 Å². The Balaban J connectivity index is 1.57. The number of hydrogen-bond donors (Lipinski definition) is 1. The van der Waals surface area contributed by atoms with Gasteiger partial charge < -0.3 is 19.9 Å². The van der Waals surface area contributed by atoms with Gasteiger partial charge in [-0.25, -0.2) is 4.99 Å². The Morgan fingerprint density at radius 1 is 1.12 bits per heavy atom. The normalized spacial score (nSPS) is 21.9. The first-order chi connectivity index (χ1) is 20.3. The standard InChI is InChI=1S/C35H44N4O3/c1-5-10-24(20-38(3)6-2)37-34(41)35-19-29(35)28-18-25(42-4)14-16-26(28)32-31(22-11-8-7-9-12-22)27-15-13-23(33(36)40)17-30(27)39(32)21-35/h13-18,22,29H,5-12,19-21H2,1-4H3,(H2,36,40). The van der Waals surface area contributed by atoms with Crippen LogP contribution in [0.1, 0.15) is 98.5 Å². The van der Waals surface area contributed by atoms with Crippen molar-refractivity contribution in [2.24, 2.45) is 16.1 Å². The van der Waals surface area contributed by atoms with Crippen molar-refractivity contribution in [3.8, 4) is 17.0 Å². The molecule has 2 saturated carbocycles. The third-order valence-corrected chi connectivity index (χ3v) is 10.0. The predicted molar refractivity (Wildman–Crippen MR) is 169 cm³/mol. The summed E-state index contributed by atoms with van der Waals surface area (Å²) in [4.78, 5) is 33.7. The van der Waals surface area contributed by atoms with E-state index >= 15 is 0 Å². The first-order valence-electron chi connectivity index (χ1n) is 15.7. The van der Waals surface area contributed by atoms with Gasteiger partial charge in [0.1, 0.15) is 5.75 Å². The van der Waals surface area contributed by atoms with Crippen LogP contribution in [0.5, 0.6) is 5.75 Å². The maximum Gasteiger partial charge on any atom is 0.254 e. The number of amides is 2. The summed E-state index contributed by atoms with van der Waals surface area (Å²) in [5, 5.41) is 1.17. The molecule has 2 aliphatic carbocycles. The van der Waals surface area contributed by atoms with Crippen molar-refractivity contribution >= 4 is 28.4 Å². The number of nitrogens with two attached hydrogens (primary N) is 1. The highest BCUT2D eigenvalue weighted by atomic mass is 16.5. The lowest BCUT2D eigenvalue weighted by atomic mass is 9.81. The van der Waals surface area contributed by atoms with Gasteiger partial charge >= 0.3 is 0 Å². The number of nitrogens with zero attached hydrogens (tertiary/aromatic N) is 3. The van der Waals surface area contributed by atoms with Crippen molar-refractivity contribution in [3.05, 3.63) is 53.1 Å². The van der Waals surface area contributed by atoms with E-state index in [1.54, 1.807) is 7.11 Å². The quantitative estimate of drug-likeness (QED) is 0.292. The van der Waals surface area contributed by atoms with Crippen molar-refractivity contribution < 1.29 is 14.3 Å². The Bertz CT molecular complexity index is 1560. The second-order valence-electron chi connectivity index (χ2n) is 12.7. The maximum absolute atomic E-state index is 14.3. The van der Waals surface area contributed by atoms with E-state index in [0.29, 0.717) is 24.6 Å². The van der Waals surface area contributed by atoms with E-state index in [1.165, 1.54) is 47.0 Å². The minimum Gasteiger partial charge on any atom is -0.497 e. The highest BCUT2D eigenvalue weighted by Crippen LogP contribution is 2.66. The number of primary amides is 1. The lowest BCUT2D eigenvalue weighted by Crippen LogP contribution is -2.28. The summed E-state index contributed by atoms with van der Waals surface area (Å²) in [6.45, 7) is 6.41. The molecule has 1 aliphatic heterocycles. The first kappa shape index (κ1) is 28.7. The van der Waals surface area contributed by atoms with Crippen molar-refractivity contribution in [1.82, 2.24) is 9.47 Å². The van der Waals surface area contributed by atoms with Crippen LogP contribution in [0.3, 0.4) is 0 Å². The average molecular weight is 569 g/mol. The van der Waals surface area contributed by atoms with Gasteiger partial charge in [-0.1, -0.05) is 45.6 Å². The van der Waals surface area contributed by atoms with Gasteiger partial charge in [-0.05, 0) is 86.7 Å². The van der Waals surface area contributed by atoms with Crippen LogP contribution in [0, 0.1) is 5.41 Å². The van der Waals surface area contributed by atoms with Crippen LogP contribution in [0.25, 0.3) is 22.2 Å². The van der Waals surface area contributed by atoms with Gasteiger partial charge in [0.25, 0.3) is 5.91 Å². The fourth-order valence-electron chi connectivity index (χ4n) is 7.57. The monoisotopic (exact) mass is 568 g/mol. The van der Waals surface area contributed by atoms with Gasteiger partial charge in [-0.3, -0.25) is 9.59 Å². The predicted octanol–water partition coefficient (Wildman–Crippen LogP) is 6.67. The van der Waals surface area contributed by atoms with E-state index in [0.717, 1.165) is 55.6 Å². The Kier molecular flexibility index (Phi) is 7.73. The van der Waals surface area contributed by atoms with Crippen LogP contribution in [0.2, 0.25) is 0 Å². The Hall–Kier alpha value is -3.45. The summed E-state index contributed by atoms with van der Waals surface area (Å²) in [5.74, 6) is 0.857. The zero-order valence-corrected chi connectivity index (χ0v) is 25.5. The van der Waals surface area contributed by atoms with E-state index in [1.807, 2.05) is 18.2 Å². The third kappa shape index (κ3) is 4.85. The van der Waals surface area contributed by atoms with Crippen LogP contribution < -0.4 is 10.5 Å². The molecule has 7 heteroatoms. The molecule has 7 nitrogen and oxygen atoms in total. The van der Waals surface area contributed by atoms with Gasteiger partial charge in [0.05, 0.1) is 18.2 Å². The van der Waals surface area contributed by atoms with E-state index in [-0.39, 0.29) is 11.8 Å². The van der Waals surface area contributed by atoms with E-state index < -0.39 is 11.3 Å². The average Bonchev–Trinajstić information content (AvgIpc) is 3.67. The molecule has 0 spiro atoms. The third-order valence-electron chi connectivity index (χ3n) is 10.0. The van der Waals surface area contributed by atoms with E-state index in [2.05, 4.69) is 48.6 Å². The molecule has 0 saturated heterocycles. The number of ether oxygens (including phenoxy) is 1. The SMILES string of the molecule is CCCC(CN(C)CC)=NC(=O)C12CC1c1cc(OC)ccc1-c1c(C3CCCCC3)c3ccc(C(N)=O)cc3n1C2. The van der Waals surface area contributed by atoms with Crippen LogP contribution in [0.4, 0.5) is 0 Å². The number of aliphatic imine (C=N–C) groups is 1. The number of carbonyl (C=O) groups is 2. The van der Waals surface area contributed by atoms with Gasteiger partial charge in [0, 0.05) is 46.7 Å². The molecule has 0 radical (unpaired) electrons. The van der Waals surface area contributed by atoms with Gasteiger partial charge in [0.15, 0.2) is 0 Å². The molecule has 0 bridgehead atoms. The summed E-state index contributed by atoms with van der Waals surface area (Å²) in [6.07, 6.45) is 8.53. The fourth-order valence-corrected chi connectivity index (χ4v) is 7.57. The zero-order valence-electron chi connectivity index (χ0n) is 25.5. The molecule has 1 aromatic heterocycles. The molecule has 6 rings (SSSR count). The Labute approximate surface area is 249 Å². The number of benzene rings is 2. The van der Waals surface area contributed by atoms with Gasteiger partial charge in [-0.2, -0.15) is 0 Å². The van der Waals surface area contributed by atoms with Crippen LogP contribution in [0.15, 0.2) is 41.4 Å². The van der Waals surface area contributed by atoms with Crippen LogP contribution in [-0.2, 0) is 11.3 Å². The van der Waals surface area contributed by atoms with Crippen LogP contribution in [-0.4, -0.2) is 54.2 Å². The molecular weight excluding hydrogens is 524 g/mol. The largest absolute Gasteiger partial charge is 0.497 e. The van der Waals surface area contributed by atoms with E-state index in [4.69, 9.17) is 15.5 Å². The molecule has 222 valence electrons. The first-order valence-corrected chi connectivity index (χ1v) is 15.7. The highest BCUT2D eigenvalue weighted by Gasteiger charge is 2.63. The van der Waals surface area contributed by atoms with E-state index in [9.17, 15) is 9.59 Å². The number of methoxy groups -OCH3 is 1. The molecular formula is C35H44N4O3. The molecule has 2 aromatic carbocycles. The fraction of sp³-hybridized carbons (Fsp3) is 0.514. The van der Waals surface area contributed by atoms with Crippen molar-refractivity contribution in [2.45, 2.75) is 83.6 Å². The van der Waals surface area contributed by atoms with Gasteiger partial charge in [0.2, 0.25) is 5.91 Å². The summed E-state index contributed by atoms with van der Waals surface area (Å²) in [7, 11) is 3.77. The number of hydrogen-bond acceptors (Lipinski definition) is 4. The topological polar surface area (TPSA) is 89.9 Å². The number of rotatable bonds is 9. The summed E-state index contributed by atoms with van der Waals surface area (Å²) in [5.41, 5.74) is 12.5. The molecule has 2 heterocycles. The van der Waals surface area contributed by atoms with Crippen LogP contribution >= 0.6 is 0 Å². The summed E-state index contributed by atoms with van der Waals surface area (Å²) in [6, 6.07) is 12.2. The molecule has 3 aliphatic rings. The van der Waals surface area contributed by atoms with Crippen molar-refractivity contribution in [3.63, 3.8) is 0 Å². The second-order valence-corrected chi connectivity index (χ2v) is 12.7. The number of fused-ring (bicyclic) bond motifs is 7. The molecule has 2 amide bonds. The lowest BCUT2D eigenvalue weighted by molar-refractivity contribution is -0.123. The highest BCUT2D eigenvalue weighted by molar-refractivity contribution is 6.03. The molecule has 2 atom stereocenters. The number of carbonyl (C=O) groups excluding carboxylic acids is 2. The molecule has 42 heavy (non-hydrogen) atoms. The summed E-state index contributed by atoms with van der Waals surface area (Å²) >= 11 is 0. The minimum atomic E-state index is -0.630. The number of aromatic nitrogens is 1.